The smallest absolute Gasteiger partial charge is 0.253 e. The molecule has 3 aromatic carbocycles. The zero-order valence-electron chi connectivity index (χ0n) is 22.1. The van der Waals surface area contributed by atoms with E-state index in [0.29, 0.717) is 38.2 Å². The number of sulfonamides is 1. The van der Waals surface area contributed by atoms with Crippen LogP contribution in [0, 0.1) is 12.7 Å². The molecule has 0 aromatic heterocycles. The Morgan fingerprint density at radius 2 is 1.60 bits per heavy atom. The molecule has 5 rings (SSSR count). The molecule has 1 N–H and O–H groups in total. The molecule has 0 spiro atoms. The van der Waals surface area contributed by atoms with Crippen molar-refractivity contribution in [2.75, 3.05) is 25.0 Å². The number of benzene rings is 3. The van der Waals surface area contributed by atoms with E-state index in [1.807, 2.05) is 31.2 Å². The summed E-state index contributed by atoms with van der Waals surface area (Å²) in [6, 6.07) is 17.6. The molecule has 0 saturated carbocycles. The Hall–Kier alpha value is -3.27. The number of nitrogens with zero attached hydrogens (tertiary/aromatic N) is 2. The van der Waals surface area contributed by atoms with E-state index in [1.54, 1.807) is 29.2 Å². The van der Waals surface area contributed by atoms with E-state index in [9.17, 15) is 22.4 Å². The number of aryl methyl sites for hydroxylation is 1. The van der Waals surface area contributed by atoms with Crippen LogP contribution in [0.15, 0.2) is 71.6 Å². The summed E-state index contributed by atoms with van der Waals surface area (Å²) in [5.74, 6) is -0.910. The summed E-state index contributed by atoms with van der Waals surface area (Å²) in [5.41, 5.74) is 2.96. The van der Waals surface area contributed by atoms with Gasteiger partial charge in [0.25, 0.3) is 5.91 Å². The van der Waals surface area contributed by atoms with Gasteiger partial charge in [0, 0.05) is 30.9 Å². The number of amides is 2. The SMILES string of the molecule is Cc1ccc(S(=O)(=O)N2CCC[C@H]2C(=O)Nc2ccc(C3CCN(C(=O)c4ccc(Cl)c(F)c4)CC3)cc2)cc1. The van der Waals surface area contributed by atoms with Crippen molar-refractivity contribution in [1.82, 2.24) is 9.21 Å². The highest BCUT2D eigenvalue weighted by Crippen LogP contribution is 2.31. The van der Waals surface area contributed by atoms with Gasteiger partial charge >= 0.3 is 0 Å². The summed E-state index contributed by atoms with van der Waals surface area (Å²) in [5, 5.41) is 2.88. The first-order chi connectivity index (χ1) is 19.1. The molecule has 0 aliphatic carbocycles. The van der Waals surface area contributed by atoms with Gasteiger partial charge < -0.3 is 10.2 Å². The van der Waals surface area contributed by atoms with Crippen LogP contribution in [0.1, 0.15) is 53.1 Å². The monoisotopic (exact) mass is 583 g/mol. The van der Waals surface area contributed by atoms with Gasteiger partial charge in [-0.25, -0.2) is 12.8 Å². The number of hydrogen-bond donors (Lipinski definition) is 1. The Balaban J connectivity index is 1.18. The molecule has 2 aliphatic rings. The third-order valence-electron chi connectivity index (χ3n) is 7.73. The number of carbonyl (C=O) groups excluding carboxylic acids is 2. The van der Waals surface area contributed by atoms with E-state index in [1.165, 1.54) is 22.5 Å². The Morgan fingerprint density at radius 1 is 0.925 bits per heavy atom. The van der Waals surface area contributed by atoms with Gasteiger partial charge in [-0.3, -0.25) is 9.59 Å². The number of halogens is 2. The second kappa shape index (κ2) is 11.7. The lowest BCUT2D eigenvalue weighted by Gasteiger charge is -2.32. The highest BCUT2D eigenvalue weighted by molar-refractivity contribution is 7.89. The number of carbonyl (C=O) groups is 2. The summed E-state index contributed by atoms with van der Waals surface area (Å²) in [6.07, 6.45) is 2.62. The fourth-order valence-corrected chi connectivity index (χ4v) is 7.20. The Labute approximate surface area is 239 Å². The van der Waals surface area contributed by atoms with Gasteiger partial charge in [0.05, 0.1) is 9.92 Å². The van der Waals surface area contributed by atoms with Gasteiger partial charge in [-0.2, -0.15) is 4.31 Å². The van der Waals surface area contributed by atoms with Crippen LogP contribution in [-0.4, -0.2) is 55.1 Å². The van der Waals surface area contributed by atoms with Crippen molar-refractivity contribution < 1.29 is 22.4 Å². The Bertz CT molecular complexity index is 1500. The minimum Gasteiger partial charge on any atom is -0.339 e. The van der Waals surface area contributed by atoms with Crippen LogP contribution < -0.4 is 5.32 Å². The average molecular weight is 584 g/mol. The third-order valence-corrected chi connectivity index (χ3v) is 9.96. The second-order valence-corrected chi connectivity index (χ2v) is 12.7. The molecule has 40 heavy (non-hydrogen) atoms. The molecule has 2 heterocycles. The van der Waals surface area contributed by atoms with E-state index in [2.05, 4.69) is 5.32 Å². The van der Waals surface area contributed by atoms with Gasteiger partial charge in [-0.15, -0.1) is 0 Å². The Morgan fingerprint density at radius 3 is 2.25 bits per heavy atom. The van der Waals surface area contributed by atoms with Crippen molar-refractivity contribution in [1.29, 1.82) is 0 Å². The van der Waals surface area contributed by atoms with E-state index in [4.69, 9.17) is 11.6 Å². The van der Waals surface area contributed by atoms with Crippen molar-refractivity contribution in [3.63, 3.8) is 0 Å². The fraction of sp³-hybridized carbons (Fsp3) is 0.333. The second-order valence-electron chi connectivity index (χ2n) is 10.4. The van der Waals surface area contributed by atoms with Crippen molar-refractivity contribution in [2.24, 2.45) is 0 Å². The Kier molecular flexibility index (Phi) is 8.26. The lowest BCUT2D eigenvalue weighted by molar-refractivity contribution is -0.119. The van der Waals surface area contributed by atoms with Crippen molar-refractivity contribution >= 4 is 39.1 Å². The normalized spacial score (nSPS) is 18.6. The van der Waals surface area contributed by atoms with Crippen LogP contribution in [0.3, 0.4) is 0 Å². The molecule has 2 fully saturated rings. The largest absolute Gasteiger partial charge is 0.339 e. The highest BCUT2D eigenvalue weighted by atomic mass is 35.5. The average Bonchev–Trinajstić information content (AvgIpc) is 3.46. The zero-order valence-corrected chi connectivity index (χ0v) is 23.7. The minimum absolute atomic E-state index is 0.0113. The number of piperidine rings is 1. The first kappa shape index (κ1) is 28.3. The molecular formula is C30H31ClFN3O4S. The van der Waals surface area contributed by atoms with Gasteiger partial charge in [0.15, 0.2) is 0 Å². The van der Waals surface area contributed by atoms with Crippen LogP contribution in [0.5, 0.6) is 0 Å². The molecular weight excluding hydrogens is 553 g/mol. The molecule has 10 heteroatoms. The maximum atomic E-state index is 13.8. The number of hydrogen-bond acceptors (Lipinski definition) is 4. The molecule has 0 bridgehead atoms. The number of nitrogens with one attached hydrogen (secondary N) is 1. The molecule has 2 saturated heterocycles. The summed E-state index contributed by atoms with van der Waals surface area (Å²) >= 11 is 5.73. The molecule has 2 amide bonds. The van der Waals surface area contributed by atoms with Gasteiger partial charge in [0.1, 0.15) is 11.9 Å². The maximum absolute atomic E-state index is 13.8. The standard InChI is InChI=1S/C30H31ClFN3O4S/c1-20-4-11-25(12-5-20)40(38,39)35-16-2-3-28(35)29(36)33-24-9-6-21(7-10-24)22-14-17-34(18-15-22)30(37)23-8-13-26(31)27(32)19-23/h4-13,19,22,28H,2-3,14-18H2,1H3,(H,33,36)/t28-/m0/s1. The van der Waals surface area contributed by atoms with Crippen molar-refractivity contribution in [3.8, 4) is 0 Å². The van der Waals surface area contributed by atoms with Gasteiger partial charge in [-0.1, -0.05) is 41.4 Å². The zero-order chi connectivity index (χ0) is 28.4. The van der Waals surface area contributed by atoms with Crippen LogP contribution in [0.25, 0.3) is 0 Å². The third kappa shape index (κ3) is 5.92. The number of anilines is 1. The number of likely N-dealkylation sites (tertiary alicyclic amines) is 1. The minimum atomic E-state index is -3.78. The van der Waals surface area contributed by atoms with E-state index >= 15 is 0 Å². The molecule has 210 valence electrons. The molecule has 1 atom stereocenters. The first-order valence-corrected chi connectivity index (χ1v) is 15.2. The van der Waals surface area contributed by atoms with Crippen LogP contribution in [-0.2, 0) is 14.8 Å². The molecule has 0 radical (unpaired) electrons. The molecule has 3 aromatic rings. The van der Waals surface area contributed by atoms with Crippen molar-refractivity contribution in [3.05, 3.63) is 94.3 Å². The van der Waals surface area contributed by atoms with Crippen LogP contribution in [0.4, 0.5) is 10.1 Å². The van der Waals surface area contributed by atoms with Gasteiger partial charge in [-0.05, 0) is 86.6 Å². The number of rotatable bonds is 6. The summed E-state index contributed by atoms with van der Waals surface area (Å²) < 4.78 is 41.5. The molecule has 7 nitrogen and oxygen atoms in total. The van der Waals surface area contributed by atoms with E-state index in [-0.39, 0.29) is 33.2 Å². The highest BCUT2D eigenvalue weighted by Gasteiger charge is 2.39. The molecule has 0 unspecified atom stereocenters. The van der Waals surface area contributed by atoms with Crippen LogP contribution in [0.2, 0.25) is 5.02 Å². The maximum Gasteiger partial charge on any atom is 0.253 e. The van der Waals surface area contributed by atoms with Gasteiger partial charge in [0.2, 0.25) is 15.9 Å². The summed E-state index contributed by atoms with van der Waals surface area (Å²) in [6.45, 7) is 3.31. The van der Waals surface area contributed by atoms with E-state index in [0.717, 1.165) is 24.0 Å². The van der Waals surface area contributed by atoms with Crippen molar-refractivity contribution in [2.45, 2.75) is 49.5 Å². The van der Waals surface area contributed by atoms with Crippen LogP contribution >= 0.6 is 11.6 Å². The van der Waals surface area contributed by atoms with E-state index < -0.39 is 21.9 Å². The summed E-state index contributed by atoms with van der Waals surface area (Å²) in [7, 11) is -3.78. The predicted molar refractivity (Wildman–Crippen MR) is 152 cm³/mol. The lowest BCUT2D eigenvalue weighted by atomic mass is 9.89. The fourth-order valence-electron chi connectivity index (χ4n) is 5.43. The quantitative estimate of drug-likeness (QED) is 0.409. The first-order valence-electron chi connectivity index (χ1n) is 13.4. The summed E-state index contributed by atoms with van der Waals surface area (Å²) in [4.78, 5) is 27.8. The predicted octanol–water partition coefficient (Wildman–Crippen LogP) is 5.60. The lowest BCUT2D eigenvalue weighted by Crippen LogP contribution is -2.43. The molecule has 2 aliphatic heterocycles. The topological polar surface area (TPSA) is 86.8 Å².